The topological polar surface area (TPSA) is 34.1 Å². The van der Waals surface area contributed by atoms with Gasteiger partial charge in [-0.1, -0.05) is 33.6 Å². The summed E-state index contributed by atoms with van der Waals surface area (Å²) in [6.45, 7) is 5.60. The first kappa shape index (κ1) is 12.3. The van der Waals surface area contributed by atoms with Gasteiger partial charge in [-0.25, -0.2) is 0 Å². The first-order chi connectivity index (χ1) is 6.02. The number of carbonyl (C=O) groups is 1. The van der Waals surface area contributed by atoms with Crippen molar-refractivity contribution in [2.75, 3.05) is 0 Å². The predicted octanol–water partition coefficient (Wildman–Crippen LogP) is 2.66. The van der Waals surface area contributed by atoms with Crippen LogP contribution in [0, 0.1) is 5.41 Å². The van der Waals surface area contributed by atoms with E-state index < -0.39 is 5.41 Å². The molecule has 0 aliphatic heterocycles. The maximum absolute atomic E-state index is 11.3. The molecular weight excluding hydrogens is 164 g/mol. The number of Topliss-reactive ketones (excluding diaryl/α,β-unsaturated/α-hetero) is 1. The quantitative estimate of drug-likeness (QED) is 0.569. The maximum Gasteiger partial charge on any atom is 0.204 e. The molecule has 0 saturated carbocycles. The van der Waals surface area contributed by atoms with Crippen LogP contribution in [0.1, 0.15) is 52.9 Å². The third-order valence-electron chi connectivity index (χ3n) is 1.97. The van der Waals surface area contributed by atoms with Crippen LogP contribution in [0.3, 0.4) is 0 Å². The lowest BCUT2D eigenvalue weighted by atomic mass is 9.88. The first-order valence-electron chi connectivity index (χ1n) is 4.93. The van der Waals surface area contributed by atoms with Gasteiger partial charge in [-0.3, -0.25) is 9.59 Å². The lowest BCUT2D eigenvalue weighted by Gasteiger charge is -2.13. The summed E-state index contributed by atoms with van der Waals surface area (Å²) in [4.78, 5) is 21.7. The lowest BCUT2D eigenvalue weighted by molar-refractivity contribution is -0.120. The van der Waals surface area contributed by atoms with Crippen LogP contribution >= 0.6 is 0 Å². The third-order valence-corrected chi connectivity index (χ3v) is 1.97. The van der Waals surface area contributed by atoms with Gasteiger partial charge in [-0.05, 0) is 6.42 Å². The van der Waals surface area contributed by atoms with Gasteiger partial charge in [0.1, 0.15) is 5.78 Å². The third kappa shape index (κ3) is 6.50. The highest BCUT2D eigenvalue weighted by Crippen LogP contribution is 2.18. The standard InChI is InChI=1S/C11H19O2/c1-4-5-6-7-10(13)8-11(2,3)9-12/h4-8H2,1-3H3. The summed E-state index contributed by atoms with van der Waals surface area (Å²) in [6.07, 6.45) is 6.00. The molecule has 13 heavy (non-hydrogen) atoms. The van der Waals surface area contributed by atoms with Gasteiger partial charge in [-0.2, -0.15) is 0 Å². The van der Waals surface area contributed by atoms with E-state index in [1.54, 1.807) is 13.8 Å². The van der Waals surface area contributed by atoms with Crippen LogP contribution in [0.2, 0.25) is 0 Å². The highest BCUT2D eigenvalue weighted by molar-refractivity contribution is 5.82. The van der Waals surface area contributed by atoms with Crippen molar-refractivity contribution < 1.29 is 9.59 Å². The second kappa shape index (κ2) is 5.90. The van der Waals surface area contributed by atoms with E-state index in [0.29, 0.717) is 12.8 Å². The molecule has 75 valence electrons. The number of ketones is 1. The molecule has 2 nitrogen and oxygen atoms in total. The minimum absolute atomic E-state index is 0.182. The molecule has 0 aliphatic rings. The molecular formula is C11H19O2. The van der Waals surface area contributed by atoms with Crippen LogP contribution in [0.25, 0.3) is 0 Å². The van der Waals surface area contributed by atoms with E-state index in [9.17, 15) is 9.59 Å². The van der Waals surface area contributed by atoms with E-state index in [0.717, 1.165) is 19.3 Å². The fourth-order valence-electron chi connectivity index (χ4n) is 1.19. The summed E-state index contributed by atoms with van der Waals surface area (Å²) in [6, 6.07) is 0. The summed E-state index contributed by atoms with van der Waals surface area (Å²) in [7, 11) is 0. The van der Waals surface area contributed by atoms with Crippen molar-refractivity contribution in [3.63, 3.8) is 0 Å². The normalized spacial score (nSPS) is 11.3. The number of carbonyl (C=O) groups excluding carboxylic acids is 2. The van der Waals surface area contributed by atoms with E-state index in [4.69, 9.17) is 0 Å². The highest BCUT2D eigenvalue weighted by Gasteiger charge is 2.21. The molecule has 2 heteroatoms. The van der Waals surface area contributed by atoms with E-state index in [1.165, 1.54) is 0 Å². The molecule has 0 atom stereocenters. The molecule has 0 aromatic carbocycles. The van der Waals surface area contributed by atoms with Crippen LogP contribution in [0.5, 0.6) is 0 Å². The Labute approximate surface area is 80.7 Å². The van der Waals surface area contributed by atoms with Crippen LogP contribution in [-0.2, 0) is 9.59 Å². The van der Waals surface area contributed by atoms with Crippen molar-refractivity contribution in [3.05, 3.63) is 0 Å². The van der Waals surface area contributed by atoms with Crippen molar-refractivity contribution in [3.8, 4) is 0 Å². The monoisotopic (exact) mass is 183 g/mol. The second-order valence-electron chi connectivity index (χ2n) is 4.16. The van der Waals surface area contributed by atoms with E-state index in [-0.39, 0.29) is 5.78 Å². The Morgan fingerprint density at radius 3 is 2.38 bits per heavy atom. The molecule has 0 fully saturated rings. The van der Waals surface area contributed by atoms with Crippen LogP contribution in [-0.4, -0.2) is 12.1 Å². The number of rotatable bonds is 7. The Hall–Kier alpha value is -0.660. The van der Waals surface area contributed by atoms with Gasteiger partial charge in [0.05, 0.1) is 0 Å². The average molecular weight is 183 g/mol. The number of hydrogen-bond donors (Lipinski definition) is 0. The zero-order chi connectivity index (χ0) is 10.3. The van der Waals surface area contributed by atoms with Crippen molar-refractivity contribution >= 4 is 12.1 Å². The summed E-state index contributed by atoms with van der Waals surface area (Å²) in [5.41, 5.74) is -0.594. The molecule has 1 radical (unpaired) electrons. The Balaban J connectivity index is 3.68. The molecule has 0 spiro atoms. The van der Waals surface area contributed by atoms with Crippen molar-refractivity contribution in [1.82, 2.24) is 0 Å². The fraction of sp³-hybridized carbons (Fsp3) is 0.818. The van der Waals surface area contributed by atoms with Gasteiger partial charge in [-0.15, -0.1) is 0 Å². The van der Waals surface area contributed by atoms with Crippen molar-refractivity contribution in [2.24, 2.45) is 5.41 Å². The Bertz CT molecular complexity index is 171. The van der Waals surface area contributed by atoms with Crippen molar-refractivity contribution in [2.45, 2.75) is 52.9 Å². The zero-order valence-corrected chi connectivity index (χ0v) is 8.85. The van der Waals surface area contributed by atoms with Crippen molar-refractivity contribution in [1.29, 1.82) is 0 Å². The minimum Gasteiger partial charge on any atom is -0.300 e. The highest BCUT2D eigenvalue weighted by atomic mass is 16.1. The average Bonchev–Trinajstić information content (AvgIpc) is 2.04. The van der Waals surface area contributed by atoms with Gasteiger partial charge in [0.15, 0.2) is 0 Å². The number of unbranched alkanes of at least 4 members (excludes halogenated alkanes) is 2. The van der Waals surface area contributed by atoms with Gasteiger partial charge in [0.2, 0.25) is 6.29 Å². The maximum atomic E-state index is 11.3. The summed E-state index contributed by atoms with van der Waals surface area (Å²) < 4.78 is 0. The largest absolute Gasteiger partial charge is 0.300 e. The molecule has 0 aromatic heterocycles. The van der Waals surface area contributed by atoms with Gasteiger partial charge in [0, 0.05) is 18.3 Å². The Morgan fingerprint density at radius 2 is 1.92 bits per heavy atom. The molecule has 0 rings (SSSR count). The first-order valence-corrected chi connectivity index (χ1v) is 4.93. The zero-order valence-electron chi connectivity index (χ0n) is 8.85. The Morgan fingerprint density at radius 1 is 1.31 bits per heavy atom. The smallest absolute Gasteiger partial charge is 0.204 e. The second-order valence-corrected chi connectivity index (χ2v) is 4.16. The summed E-state index contributed by atoms with van der Waals surface area (Å²) in [5.74, 6) is 0.182. The predicted molar refractivity (Wildman–Crippen MR) is 53.2 cm³/mol. The van der Waals surface area contributed by atoms with E-state index >= 15 is 0 Å². The van der Waals surface area contributed by atoms with Crippen LogP contribution in [0.15, 0.2) is 0 Å². The minimum atomic E-state index is -0.594. The SMILES string of the molecule is CCCCCC(=O)CC(C)(C)[C]=O. The Kier molecular flexibility index (Phi) is 5.60. The molecule has 0 N–H and O–H groups in total. The molecule has 0 bridgehead atoms. The van der Waals surface area contributed by atoms with Gasteiger partial charge in [0.25, 0.3) is 0 Å². The molecule has 0 aliphatic carbocycles. The number of hydrogen-bond acceptors (Lipinski definition) is 2. The van der Waals surface area contributed by atoms with Crippen LogP contribution < -0.4 is 0 Å². The molecule has 0 amide bonds. The molecule has 0 unspecified atom stereocenters. The fourth-order valence-corrected chi connectivity index (χ4v) is 1.19. The van der Waals surface area contributed by atoms with E-state index in [1.807, 2.05) is 6.29 Å². The molecule has 0 saturated heterocycles. The van der Waals surface area contributed by atoms with E-state index in [2.05, 4.69) is 6.92 Å². The summed E-state index contributed by atoms with van der Waals surface area (Å²) >= 11 is 0. The summed E-state index contributed by atoms with van der Waals surface area (Å²) in [5, 5.41) is 0. The van der Waals surface area contributed by atoms with Crippen LogP contribution in [0.4, 0.5) is 0 Å². The lowest BCUT2D eigenvalue weighted by Crippen LogP contribution is -2.18. The van der Waals surface area contributed by atoms with Gasteiger partial charge >= 0.3 is 0 Å². The molecule has 0 aromatic rings. The van der Waals surface area contributed by atoms with Gasteiger partial charge < -0.3 is 0 Å². The molecule has 0 heterocycles.